The lowest BCUT2D eigenvalue weighted by Crippen LogP contribution is -2.59. The summed E-state index contributed by atoms with van der Waals surface area (Å²) < 4.78 is 31.2. The molecule has 1 saturated carbocycles. The van der Waals surface area contributed by atoms with Crippen molar-refractivity contribution in [3.8, 4) is 0 Å². The van der Waals surface area contributed by atoms with Crippen molar-refractivity contribution in [3.05, 3.63) is 52.7 Å². The quantitative estimate of drug-likeness (QED) is 0.356. The maximum absolute atomic E-state index is 14.2. The number of amides is 3. The second kappa shape index (κ2) is 10.3. The molecule has 0 unspecified atom stereocenters. The first-order chi connectivity index (χ1) is 20.1. The number of rotatable bonds is 6. The van der Waals surface area contributed by atoms with E-state index in [1.165, 1.54) is 24.5 Å². The van der Waals surface area contributed by atoms with E-state index in [9.17, 15) is 33.1 Å². The standard InChI is InChI=1S/C28H30FN4O7PS/c29-25(41(37,38)39)14-1-4-23-17(7-14)11-24(42-23)26(34)30-21-10-16-8-15(16)9-19-2-3-22(33(19)27(21)35)28(36)32-12-18(13-32)20-5-6-40-31-20/h1,4-7,11,15-16,18-19,21-22,25H,2-3,8-10,12-13H2,(H,30,34)(H2,37,38,39)/t15-,16+,19+,21-,22-,25+/m0/s1. The molecular weight excluding hydrogens is 586 g/mol. The normalized spacial score (nSPS) is 28.5. The third-order valence-corrected chi connectivity index (χ3v) is 11.2. The van der Waals surface area contributed by atoms with E-state index in [4.69, 9.17) is 4.52 Å². The van der Waals surface area contributed by atoms with E-state index in [-0.39, 0.29) is 29.3 Å². The molecule has 1 aliphatic carbocycles. The van der Waals surface area contributed by atoms with Crippen LogP contribution >= 0.6 is 18.9 Å². The Morgan fingerprint density at radius 2 is 1.90 bits per heavy atom. The molecule has 222 valence electrons. The van der Waals surface area contributed by atoms with Crippen LogP contribution in [-0.2, 0) is 14.2 Å². The van der Waals surface area contributed by atoms with E-state index in [0.29, 0.717) is 52.7 Å². The summed E-state index contributed by atoms with van der Waals surface area (Å²) in [6.07, 6.45) is 5.27. The Morgan fingerprint density at radius 1 is 1.12 bits per heavy atom. The molecule has 6 atom stereocenters. The smallest absolute Gasteiger partial charge is 0.363 e. The van der Waals surface area contributed by atoms with Gasteiger partial charge in [-0.25, -0.2) is 4.39 Å². The van der Waals surface area contributed by atoms with Gasteiger partial charge < -0.3 is 29.4 Å². The van der Waals surface area contributed by atoms with Crippen LogP contribution in [0.4, 0.5) is 4.39 Å². The Labute approximate surface area is 244 Å². The van der Waals surface area contributed by atoms with Crippen LogP contribution in [0.25, 0.3) is 10.1 Å². The molecule has 4 aliphatic rings. The predicted molar refractivity (Wildman–Crippen MR) is 149 cm³/mol. The van der Waals surface area contributed by atoms with Crippen molar-refractivity contribution < 1.29 is 37.6 Å². The van der Waals surface area contributed by atoms with Gasteiger partial charge in [-0.3, -0.25) is 18.9 Å². The van der Waals surface area contributed by atoms with E-state index in [1.54, 1.807) is 21.9 Å². The summed E-state index contributed by atoms with van der Waals surface area (Å²) in [5.74, 6) is -2.24. The molecule has 4 fully saturated rings. The van der Waals surface area contributed by atoms with Crippen molar-refractivity contribution in [2.45, 2.75) is 62.1 Å². The van der Waals surface area contributed by atoms with Gasteiger partial charge in [-0.1, -0.05) is 11.2 Å². The lowest BCUT2D eigenvalue weighted by Gasteiger charge is -2.42. The van der Waals surface area contributed by atoms with Crippen LogP contribution in [0.2, 0.25) is 0 Å². The molecule has 7 rings (SSSR count). The van der Waals surface area contributed by atoms with Gasteiger partial charge in [0, 0.05) is 35.8 Å². The average molecular weight is 617 g/mol. The van der Waals surface area contributed by atoms with Crippen LogP contribution in [0.5, 0.6) is 0 Å². The first-order valence-corrected chi connectivity index (χ1v) is 16.6. The lowest BCUT2D eigenvalue weighted by molar-refractivity contribution is -0.149. The number of carbonyl (C=O) groups excluding carboxylic acids is 3. The Bertz CT molecular complexity index is 1600. The fraction of sp³-hybridized carbons (Fsp3) is 0.500. The number of thiophene rings is 1. The predicted octanol–water partition coefficient (Wildman–Crippen LogP) is 3.55. The van der Waals surface area contributed by atoms with E-state index in [2.05, 4.69) is 10.5 Å². The molecule has 11 nitrogen and oxygen atoms in total. The van der Waals surface area contributed by atoms with Crippen molar-refractivity contribution >= 4 is 46.7 Å². The van der Waals surface area contributed by atoms with Crippen molar-refractivity contribution in [2.24, 2.45) is 11.8 Å². The van der Waals surface area contributed by atoms with Gasteiger partial charge in [-0.05, 0) is 73.1 Å². The number of nitrogens with zero attached hydrogens (tertiary/aromatic N) is 3. The number of alkyl halides is 1. The van der Waals surface area contributed by atoms with Gasteiger partial charge >= 0.3 is 7.60 Å². The third-order valence-electron chi connectivity index (χ3n) is 9.23. The highest BCUT2D eigenvalue weighted by molar-refractivity contribution is 7.51. The first-order valence-electron chi connectivity index (χ1n) is 14.1. The maximum Gasteiger partial charge on any atom is 0.363 e. The monoisotopic (exact) mass is 616 g/mol. The minimum Gasteiger partial charge on any atom is -0.364 e. The summed E-state index contributed by atoms with van der Waals surface area (Å²) in [7, 11) is -4.97. The van der Waals surface area contributed by atoms with Gasteiger partial charge in [-0.2, -0.15) is 0 Å². The Morgan fingerprint density at radius 3 is 2.64 bits per heavy atom. The summed E-state index contributed by atoms with van der Waals surface area (Å²) in [5, 5.41) is 7.38. The van der Waals surface area contributed by atoms with Crippen molar-refractivity contribution in [1.82, 2.24) is 20.3 Å². The molecule has 5 heterocycles. The van der Waals surface area contributed by atoms with Gasteiger partial charge in [-0.15, -0.1) is 11.3 Å². The van der Waals surface area contributed by atoms with Crippen molar-refractivity contribution in [1.29, 1.82) is 0 Å². The molecule has 14 heteroatoms. The minimum absolute atomic E-state index is 0.0285. The summed E-state index contributed by atoms with van der Waals surface area (Å²) in [6.45, 7) is 1.06. The van der Waals surface area contributed by atoms with Crippen LogP contribution in [0.3, 0.4) is 0 Å². The molecule has 3 aromatic rings. The Kier molecular flexibility index (Phi) is 6.76. The van der Waals surface area contributed by atoms with Gasteiger partial charge in [0.15, 0.2) is 0 Å². The number of benzene rings is 1. The Hall–Kier alpha value is -3.12. The summed E-state index contributed by atoms with van der Waals surface area (Å²) in [4.78, 5) is 63.2. The van der Waals surface area contributed by atoms with Crippen LogP contribution < -0.4 is 5.32 Å². The first kappa shape index (κ1) is 27.7. The highest BCUT2D eigenvalue weighted by Gasteiger charge is 2.52. The molecule has 3 amide bonds. The van der Waals surface area contributed by atoms with Gasteiger partial charge in [0.1, 0.15) is 18.3 Å². The molecule has 3 saturated heterocycles. The Balaban J connectivity index is 1.08. The number of hydrogen-bond donors (Lipinski definition) is 3. The number of fused-ring (bicyclic) bond motifs is 3. The zero-order valence-electron chi connectivity index (χ0n) is 22.5. The zero-order valence-corrected chi connectivity index (χ0v) is 24.2. The molecule has 3 aliphatic heterocycles. The lowest BCUT2D eigenvalue weighted by atomic mass is 9.95. The van der Waals surface area contributed by atoms with E-state index in [1.807, 2.05) is 0 Å². The van der Waals surface area contributed by atoms with E-state index < -0.39 is 31.5 Å². The number of carbonyl (C=O) groups is 3. The fourth-order valence-corrected chi connectivity index (χ4v) is 8.36. The third kappa shape index (κ3) is 4.96. The largest absolute Gasteiger partial charge is 0.364 e. The van der Waals surface area contributed by atoms with Crippen LogP contribution in [0.15, 0.2) is 41.1 Å². The highest BCUT2D eigenvalue weighted by Crippen LogP contribution is 2.53. The topological polar surface area (TPSA) is 153 Å². The number of nitrogens with one attached hydrogen (secondary N) is 1. The van der Waals surface area contributed by atoms with Crippen molar-refractivity contribution in [2.75, 3.05) is 13.1 Å². The summed E-state index contributed by atoms with van der Waals surface area (Å²) >= 11 is 1.16. The number of hydrogen-bond acceptors (Lipinski definition) is 7. The molecule has 3 N–H and O–H groups in total. The van der Waals surface area contributed by atoms with Crippen LogP contribution in [0.1, 0.15) is 64.9 Å². The highest BCUT2D eigenvalue weighted by atomic mass is 32.1. The molecule has 0 bridgehead atoms. The average Bonchev–Trinajstić information content (AvgIpc) is 3.33. The number of aromatic nitrogens is 1. The van der Waals surface area contributed by atoms with Gasteiger partial charge in [0.2, 0.25) is 17.7 Å². The van der Waals surface area contributed by atoms with Crippen LogP contribution in [0, 0.1) is 11.8 Å². The molecule has 0 spiro atoms. The number of likely N-dealkylation sites (tertiary alicyclic amines) is 1. The van der Waals surface area contributed by atoms with Gasteiger partial charge in [0.05, 0.1) is 10.6 Å². The molecule has 1 aromatic carbocycles. The zero-order chi connectivity index (χ0) is 29.3. The SMILES string of the molecule is O=C(N[C@H]1C[C@H]2C[C@H]2C[C@H]2CC[C@@H](C(=O)N3CC(c4ccon4)C3)N2C1=O)c1cc2cc([C@H](F)P(=O)(O)O)ccc2s1. The van der Waals surface area contributed by atoms with E-state index >= 15 is 0 Å². The summed E-state index contributed by atoms with van der Waals surface area (Å²) in [6, 6.07) is 6.14. The maximum atomic E-state index is 14.2. The number of halogens is 1. The van der Waals surface area contributed by atoms with Gasteiger partial charge in [0.25, 0.3) is 5.91 Å². The summed E-state index contributed by atoms with van der Waals surface area (Å²) in [5.41, 5.74) is 0.651. The second-order valence-electron chi connectivity index (χ2n) is 11.9. The molecular formula is C28H30FN4O7PS. The molecule has 0 radical (unpaired) electrons. The second-order valence-corrected chi connectivity index (χ2v) is 14.7. The van der Waals surface area contributed by atoms with E-state index in [0.717, 1.165) is 36.3 Å². The molecule has 42 heavy (non-hydrogen) atoms. The fourth-order valence-electron chi connectivity index (χ4n) is 6.87. The van der Waals surface area contributed by atoms with Crippen molar-refractivity contribution in [3.63, 3.8) is 0 Å². The minimum atomic E-state index is -4.97. The molecule has 2 aromatic heterocycles. The van der Waals surface area contributed by atoms with Crippen LogP contribution in [-0.4, -0.2) is 73.7 Å².